The zero-order valence-corrected chi connectivity index (χ0v) is 9.27. The van der Waals surface area contributed by atoms with E-state index in [-0.39, 0.29) is 0 Å². The Morgan fingerprint density at radius 1 is 1.08 bits per heavy atom. The fourth-order valence-electron chi connectivity index (χ4n) is 0.754. The first-order valence-electron chi connectivity index (χ1n) is 4.37. The van der Waals surface area contributed by atoms with E-state index in [0.29, 0.717) is 0 Å². The van der Waals surface area contributed by atoms with Crippen LogP contribution in [0.3, 0.4) is 0 Å². The van der Waals surface area contributed by atoms with Crippen LogP contribution in [0, 0.1) is 0 Å². The van der Waals surface area contributed by atoms with Gasteiger partial charge in [0.05, 0.1) is 0 Å². The number of rotatable bonds is 6. The number of hydrogen-bond acceptors (Lipinski definition) is 2. The van der Waals surface area contributed by atoms with Crippen molar-refractivity contribution < 1.29 is 8.85 Å². The van der Waals surface area contributed by atoms with Gasteiger partial charge in [0.25, 0.3) is 0 Å². The van der Waals surface area contributed by atoms with Crippen molar-refractivity contribution in [2.24, 2.45) is 0 Å². The minimum Gasteiger partial charge on any atom is -0.394 e. The van der Waals surface area contributed by atoms with Crippen LogP contribution >= 0.6 is 0 Å². The normalized spacial score (nSPS) is 12.3. The predicted octanol–water partition coefficient (Wildman–Crippen LogP) is 1.95. The van der Waals surface area contributed by atoms with Crippen molar-refractivity contribution in [3.05, 3.63) is 23.9 Å². The Bertz CT molecular complexity index is 137. The summed E-state index contributed by atoms with van der Waals surface area (Å²) in [7, 11) is -1.50. The fourth-order valence-corrected chi connectivity index (χ4v) is 2.04. The highest BCUT2D eigenvalue weighted by Crippen LogP contribution is 1.92. The molecule has 0 N–H and O–H groups in total. The highest BCUT2D eigenvalue weighted by Gasteiger charge is 2.04. The van der Waals surface area contributed by atoms with Gasteiger partial charge in [-0.1, -0.05) is 18.2 Å². The van der Waals surface area contributed by atoms with Crippen molar-refractivity contribution in [2.75, 3.05) is 13.2 Å². The maximum absolute atomic E-state index is 5.42. The lowest BCUT2D eigenvalue weighted by Crippen LogP contribution is -2.20. The molecule has 70 valence electrons. The molecule has 3 heteroatoms. The van der Waals surface area contributed by atoms with Crippen LogP contribution in [0.15, 0.2) is 23.9 Å². The van der Waals surface area contributed by atoms with Crippen LogP contribution < -0.4 is 0 Å². The average molecular weight is 186 g/mol. The summed E-state index contributed by atoms with van der Waals surface area (Å²) in [4.78, 5) is 0. The van der Waals surface area contributed by atoms with E-state index in [1.807, 2.05) is 44.7 Å². The van der Waals surface area contributed by atoms with Crippen LogP contribution in [0.25, 0.3) is 0 Å². The summed E-state index contributed by atoms with van der Waals surface area (Å²) in [6, 6.07) is 0. The Morgan fingerprint density at radius 2 is 1.67 bits per heavy atom. The summed E-state index contributed by atoms with van der Waals surface area (Å²) < 4.78 is 10.8. The third kappa shape index (κ3) is 6.33. The molecule has 0 spiro atoms. The molecule has 0 fully saturated rings. The summed E-state index contributed by atoms with van der Waals surface area (Å²) in [6.07, 6.45) is 5.96. The molecule has 0 saturated heterocycles. The third-order valence-corrected chi connectivity index (χ3v) is 3.09. The molecule has 0 bridgehead atoms. The molecule has 2 nitrogen and oxygen atoms in total. The Labute approximate surface area is 76.7 Å². The van der Waals surface area contributed by atoms with Gasteiger partial charge in [-0.05, 0) is 26.5 Å². The molecular formula is C9H18O2Si. The topological polar surface area (TPSA) is 18.5 Å². The highest BCUT2D eigenvalue weighted by atomic mass is 28.3. The second-order valence-electron chi connectivity index (χ2n) is 2.19. The predicted molar refractivity (Wildman–Crippen MR) is 54.4 cm³/mol. The van der Waals surface area contributed by atoms with Crippen LogP contribution in [0.1, 0.15) is 20.8 Å². The van der Waals surface area contributed by atoms with Crippen LogP contribution in [-0.2, 0) is 8.85 Å². The molecular weight excluding hydrogens is 168 g/mol. The van der Waals surface area contributed by atoms with Gasteiger partial charge in [-0.2, -0.15) is 0 Å². The zero-order valence-electron chi connectivity index (χ0n) is 8.12. The second-order valence-corrected chi connectivity index (χ2v) is 3.98. The Balaban J connectivity index is 3.75. The van der Waals surface area contributed by atoms with Crippen LogP contribution in [-0.4, -0.2) is 22.5 Å². The minimum atomic E-state index is -1.50. The molecule has 0 rings (SSSR count). The number of hydrogen-bond donors (Lipinski definition) is 0. The second kappa shape index (κ2) is 8.71. The number of allylic oxidation sites excluding steroid dienone is 3. The van der Waals surface area contributed by atoms with E-state index < -0.39 is 9.28 Å². The SMILES string of the molecule is CC=CC=C[SiH](OCC)OCC. The first kappa shape index (κ1) is 11.6. The standard InChI is InChI=1S/C9H18O2Si/c1-4-7-8-9-12(10-5-2)11-6-3/h4,7-9,12H,5-6H2,1-3H3. The van der Waals surface area contributed by atoms with Gasteiger partial charge in [-0.3, -0.25) is 0 Å². The van der Waals surface area contributed by atoms with E-state index in [1.54, 1.807) is 0 Å². The molecule has 0 unspecified atom stereocenters. The van der Waals surface area contributed by atoms with Crippen molar-refractivity contribution in [3.8, 4) is 0 Å². The van der Waals surface area contributed by atoms with Gasteiger partial charge in [0.1, 0.15) is 0 Å². The van der Waals surface area contributed by atoms with Crippen LogP contribution in [0.4, 0.5) is 0 Å². The molecule has 0 amide bonds. The summed E-state index contributed by atoms with van der Waals surface area (Å²) in [6.45, 7) is 7.43. The Hall–Kier alpha value is -0.383. The van der Waals surface area contributed by atoms with Gasteiger partial charge in [-0.15, -0.1) is 0 Å². The van der Waals surface area contributed by atoms with Gasteiger partial charge in [0.2, 0.25) is 0 Å². The molecule has 0 heterocycles. The molecule has 0 atom stereocenters. The van der Waals surface area contributed by atoms with Gasteiger partial charge in [0, 0.05) is 13.2 Å². The summed E-state index contributed by atoms with van der Waals surface area (Å²) >= 11 is 0. The molecule has 0 aliphatic carbocycles. The van der Waals surface area contributed by atoms with Gasteiger partial charge >= 0.3 is 9.28 Å². The Morgan fingerprint density at radius 3 is 2.08 bits per heavy atom. The summed E-state index contributed by atoms with van der Waals surface area (Å²) in [5, 5.41) is 0. The maximum atomic E-state index is 5.42. The first-order valence-corrected chi connectivity index (χ1v) is 5.98. The summed E-state index contributed by atoms with van der Waals surface area (Å²) in [5.74, 6) is 0. The van der Waals surface area contributed by atoms with E-state index in [2.05, 4.69) is 0 Å². The van der Waals surface area contributed by atoms with E-state index in [1.165, 1.54) is 0 Å². The highest BCUT2D eigenvalue weighted by molar-refractivity contribution is 6.50. The van der Waals surface area contributed by atoms with Gasteiger partial charge in [-0.25, -0.2) is 0 Å². The molecule has 0 saturated carbocycles. The lowest BCUT2D eigenvalue weighted by molar-refractivity contribution is 0.224. The molecule has 0 aliphatic heterocycles. The fraction of sp³-hybridized carbons (Fsp3) is 0.556. The molecule has 0 aromatic rings. The van der Waals surface area contributed by atoms with E-state index in [9.17, 15) is 0 Å². The lowest BCUT2D eigenvalue weighted by Gasteiger charge is -2.09. The minimum absolute atomic E-state index is 0.733. The van der Waals surface area contributed by atoms with E-state index in [4.69, 9.17) is 8.85 Å². The summed E-state index contributed by atoms with van der Waals surface area (Å²) in [5.41, 5.74) is 2.03. The molecule has 0 aromatic heterocycles. The molecule has 0 aliphatic rings. The van der Waals surface area contributed by atoms with Crippen molar-refractivity contribution >= 4 is 9.28 Å². The zero-order chi connectivity index (χ0) is 9.23. The van der Waals surface area contributed by atoms with Crippen molar-refractivity contribution in [1.82, 2.24) is 0 Å². The lowest BCUT2D eigenvalue weighted by atomic mass is 10.5. The van der Waals surface area contributed by atoms with Gasteiger partial charge in [0.15, 0.2) is 0 Å². The third-order valence-electron chi connectivity index (χ3n) is 1.23. The van der Waals surface area contributed by atoms with Crippen LogP contribution in [0.2, 0.25) is 0 Å². The largest absolute Gasteiger partial charge is 0.394 e. The Kier molecular flexibility index (Phi) is 8.43. The first-order chi connectivity index (χ1) is 5.85. The van der Waals surface area contributed by atoms with Crippen LogP contribution in [0.5, 0.6) is 0 Å². The molecule has 0 radical (unpaired) electrons. The monoisotopic (exact) mass is 186 g/mol. The van der Waals surface area contributed by atoms with E-state index >= 15 is 0 Å². The quantitative estimate of drug-likeness (QED) is 0.466. The average Bonchev–Trinajstić information content (AvgIpc) is 2.06. The van der Waals surface area contributed by atoms with Crippen molar-refractivity contribution in [1.29, 1.82) is 0 Å². The molecule has 12 heavy (non-hydrogen) atoms. The molecule has 0 aromatic carbocycles. The van der Waals surface area contributed by atoms with E-state index in [0.717, 1.165) is 13.2 Å². The van der Waals surface area contributed by atoms with Crippen molar-refractivity contribution in [2.45, 2.75) is 20.8 Å². The maximum Gasteiger partial charge on any atom is 0.348 e. The smallest absolute Gasteiger partial charge is 0.348 e. The van der Waals surface area contributed by atoms with Crippen molar-refractivity contribution in [3.63, 3.8) is 0 Å². The van der Waals surface area contributed by atoms with Gasteiger partial charge < -0.3 is 8.85 Å².